The quantitative estimate of drug-likeness (QED) is 0.577. The molecular weight excluding hydrogens is 417 g/mol. The lowest BCUT2D eigenvalue weighted by atomic mass is 10.0. The zero-order chi connectivity index (χ0) is 22.9. The Labute approximate surface area is 184 Å². The number of pyridine rings is 2. The number of halogens is 3. The van der Waals surface area contributed by atoms with Crippen molar-refractivity contribution in [2.24, 2.45) is 5.92 Å². The molecule has 0 bridgehead atoms. The molecule has 168 valence electrons. The minimum atomic E-state index is -4.44. The van der Waals surface area contributed by atoms with Crippen LogP contribution in [0.3, 0.4) is 0 Å². The number of anilines is 1. The lowest BCUT2D eigenvalue weighted by Gasteiger charge is -2.26. The van der Waals surface area contributed by atoms with Crippen LogP contribution >= 0.6 is 0 Å². The molecule has 0 spiro atoms. The van der Waals surface area contributed by atoms with Crippen molar-refractivity contribution in [3.63, 3.8) is 0 Å². The van der Waals surface area contributed by atoms with Gasteiger partial charge in [0.1, 0.15) is 5.82 Å². The summed E-state index contributed by atoms with van der Waals surface area (Å²) in [6.07, 6.45) is 0.740. The number of aryl methyl sites for hydroxylation is 1. The van der Waals surface area contributed by atoms with E-state index in [9.17, 15) is 18.0 Å². The van der Waals surface area contributed by atoms with Crippen LogP contribution in [0.25, 0.3) is 10.9 Å². The molecule has 1 saturated carbocycles. The monoisotopic (exact) mass is 442 g/mol. The van der Waals surface area contributed by atoms with Crippen LogP contribution in [0.4, 0.5) is 19.0 Å². The Morgan fingerprint density at radius 3 is 2.56 bits per heavy atom. The van der Waals surface area contributed by atoms with Crippen molar-refractivity contribution in [3.05, 3.63) is 65.0 Å². The molecule has 2 N–H and O–H groups in total. The summed E-state index contributed by atoms with van der Waals surface area (Å²) >= 11 is 0. The summed E-state index contributed by atoms with van der Waals surface area (Å²) in [5.41, 5.74) is 7.56. The van der Waals surface area contributed by atoms with Gasteiger partial charge in [0.25, 0.3) is 5.91 Å². The number of rotatable bonds is 5. The molecule has 8 heteroatoms. The highest BCUT2D eigenvalue weighted by Gasteiger charge is 2.31. The largest absolute Gasteiger partial charge is 0.417 e. The summed E-state index contributed by atoms with van der Waals surface area (Å²) in [4.78, 5) is 23.4. The summed E-state index contributed by atoms with van der Waals surface area (Å²) in [6.45, 7) is 2.57. The Balaban J connectivity index is 1.61. The maximum Gasteiger partial charge on any atom is 0.417 e. The smallest absolute Gasteiger partial charge is 0.383 e. The molecule has 1 amide bonds. The second-order valence-corrected chi connectivity index (χ2v) is 8.47. The number of hydrogen-bond donors (Lipinski definition) is 1. The molecule has 1 fully saturated rings. The van der Waals surface area contributed by atoms with Crippen LogP contribution in [0.1, 0.15) is 52.9 Å². The van der Waals surface area contributed by atoms with Crippen LogP contribution in [-0.4, -0.2) is 27.3 Å². The number of carbonyl (C=O) groups is 1. The van der Waals surface area contributed by atoms with Crippen LogP contribution in [0.15, 0.2) is 42.6 Å². The highest BCUT2D eigenvalue weighted by atomic mass is 19.4. The predicted molar refractivity (Wildman–Crippen MR) is 117 cm³/mol. The molecule has 4 rings (SSSR count). The van der Waals surface area contributed by atoms with Gasteiger partial charge in [-0.2, -0.15) is 13.2 Å². The Kier molecular flexibility index (Phi) is 6.04. The zero-order valence-electron chi connectivity index (χ0n) is 17.8. The van der Waals surface area contributed by atoms with Crippen molar-refractivity contribution >= 4 is 22.6 Å². The van der Waals surface area contributed by atoms with E-state index in [1.807, 2.05) is 13.0 Å². The topological polar surface area (TPSA) is 72.1 Å². The number of benzene rings is 1. The van der Waals surface area contributed by atoms with Crippen LogP contribution < -0.4 is 5.73 Å². The molecule has 0 atom stereocenters. The van der Waals surface area contributed by atoms with E-state index >= 15 is 0 Å². The Morgan fingerprint density at radius 2 is 1.91 bits per heavy atom. The molecule has 0 saturated heterocycles. The second kappa shape index (κ2) is 8.76. The van der Waals surface area contributed by atoms with Gasteiger partial charge in [-0.05, 0) is 67.6 Å². The van der Waals surface area contributed by atoms with Crippen LogP contribution in [0.2, 0.25) is 0 Å². The van der Waals surface area contributed by atoms with Gasteiger partial charge >= 0.3 is 6.18 Å². The lowest BCUT2D eigenvalue weighted by Crippen LogP contribution is -2.34. The minimum Gasteiger partial charge on any atom is -0.383 e. The van der Waals surface area contributed by atoms with Gasteiger partial charge in [0.15, 0.2) is 0 Å². The van der Waals surface area contributed by atoms with Crippen molar-refractivity contribution in [1.29, 1.82) is 0 Å². The SMILES string of the molecule is Cc1cc2cc(C(=O)N(Cc3ccc(C(F)(F)F)cn3)CC3CCCC3)ccc2nc1N. The average molecular weight is 442 g/mol. The molecule has 5 nitrogen and oxygen atoms in total. The summed E-state index contributed by atoms with van der Waals surface area (Å²) < 4.78 is 38.6. The zero-order valence-corrected chi connectivity index (χ0v) is 17.8. The van der Waals surface area contributed by atoms with Crippen molar-refractivity contribution < 1.29 is 18.0 Å². The fourth-order valence-electron chi connectivity index (χ4n) is 4.22. The maximum absolute atomic E-state index is 13.4. The summed E-state index contributed by atoms with van der Waals surface area (Å²) in [6, 6.07) is 9.52. The van der Waals surface area contributed by atoms with Crippen molar-refractivity contribution in [2.75, 3.05) is 12.3 Å². The van der Waals surface area contributed by atoms with Gasteiger partial charge in [0.05, 0.1) is 23.3 Å². The van der Waals surface area contributed by atoms with E-state index in [2.05, 4.69) is 9.97 Å². The molecule has 0 aliphatic heterocycles. The van der Waals surface area contributed by atoms with Gasteiger partial charge in [0, 0.05) is 23.7 Å². The number of carbonyl (C=O) groups excluding carboxylic acids is 1. The van der Waals surface area contributed by atoms with Crippen LogP contribution in [-0.2, 0) is 12.7 Å². The molecule has 2 heterocycles. The molecule has 0 radical (unpaired) electrons. The summed E-state index contributed by atoms with van der Waals surface area (Å²) in [5.74, 6) is 0.667. The first-order valence-corrected chi connectivity index (χ1v) is 10.7. The number of nitrogen functional groups attached to an aromatic ring is 1. The normalized spacial score (nSPS) is 14.8. The van der Waals surface area contributed by atoms with E-state index in [1.165, 1.54) is 6.07 Å². The minimum absolute atomic E-state index is 0.157. The number of aromatic nitrogens is 2. The van der Waals surface area contributed by atoms with Crippen molar-refractivity contribution in [1.82, 2.24) is 14.9 Å². The highest BCUT2D eigenvalue weighted by molar-refractivity contribution is 5.98. The van der Waals surface area contributed by atoms with E-state index in [0.29, 0.717) is 35.1 Å². The molecule has 1 aliphatic carbocycles. The van der Waals surface area contributed by atoms with Gasteiger partial charge in [-0.15, -0.1) is 0 Å². The van der Waals surface area contributed by atoms with Crippen molar-refractivity contribution in [3.8, 4) is 0 Å². The maximum atomic E-state index is 13.4. The van der Waals surface area contributed by atoms with E-state index in [4.69, 9.17) is 5.73 Å². The third-order valence-electron chi connectivity index (χ3n) is 6.04. The predicted octanol–water partition coefficient (Wildman–Crippen LogP) is 5.37. The van der Waals surface area contributed by atoms with Crippen LogP contribution in [0.5, 0.6) is 0 Å². The first kappa shape index (κ1) is 22.0. The third-order valence-corrected chi connectivity index (χ3v) is 6.04. The van der Waals surface area contributed by atoms with E-state index in [-0.39, 0.29) is 12.5 Å². The number of nitrogens with zero attached hydrogens (tertiary/aromatic N) is 3. The van der Waals surface area contributed by atoms with Crippen molar-refractivity contribution in [2.45, 2.75) is 45.3 Å². The third kappa shape index (κ3) is 4.84. The number of fused-ring (bicyclic) bond motifs is 1. The fraction of sp³-hybridized carbons (Fsp3) is 0.375. The lowest BCUT2D eigenvalue weighted by molar-refractivity contribution is -0.137. The molecule has 2 aromatic heterocycles. The summed E-state index contributed by atoms with van der Waals surface area (Å²) in [5, 5.41) is 0.816. The number of alkyl halides is 3. The molecule has 0 unspecified atom stereocenters. The van der Waals surface area contributed by atoms with E-state index < -0.39 is 11.7 Å². The average Bonchev–Trinajstić information content (AvgIpc) is 3.26. The van der Waals surface area contributed by atoms with Gasteiger partial charge in [-0.25, -0.2) is 4.98 Å². The van der Waals surface area contributed by atoms with E-state index in [0.717, 1.165) is 48.9 Å². The van der Waals surface area contributed by atoms with E-state index in [1.54, 1.807) is 23.1 Å². The molecular formula is C24H25F3N4O. The standard InChI is InChI=1S/C24H25F3N4O/c1-15-10-18-11-17(6-9-21(18)30-22(15)28)23(32)31(13-16-4-2-3-5-16)14-20-8-7-19(12-29-20)24(25,26)27/h6-12,16H,2-5,13-14H2,1H3,(H2,28,30). The Hall–Kier alpha value is -3.16. The Morgan fingerprint density at radius 1 is 1.16 bits per heavy atom. The van der Waals surface area contributed by atoms with Gasteiger partial charge in [-0.3, -0.25) is 9.78 Å². The molecule has 3 aromatic rings. The first-order valence-electron chi connectivity index (χ1n) is 10.7. The van der Waals surface area contributed by atoms with Gasteiger partial charge < -0.3 is 10.6 Å². The number of nitrogens with two attached hydrogens (primary N) is 1. The molecule has 1 aromatic carbocycles. The first-order chi connectivity index (χ1) is 15.2. The highest BCUT2D eigenvalue weighted by Crippen LogP contribution is 2.30. The number of amides is 1. The summed E-state index contributed by atoms with van der Waals surface area (Å²) in [7, 11) is 0. The fourth-order valence-corrected chi connectivity index (χ4v) is 4.22. The molecule has 32 heavy (non-hydrogen) atoms. The number of hydrogen-bond acceptors (Lipinski definition) is 4. The molecule has 1 aliphatic rings. The van der Waals surface area contributed by atoms with Gasteiger partial charge in [-0.1, -0.05) is 12.8 Å². The van der Waals surface area contributed by atoms with Crippen LogP contribution in [0, 0.1) is 12.8 Å². The second-order valence-electron chi connectivity index (χ2n) is 8.47. The van der Waals surface area contributed by atoms with Gasteiger partial charge in [0.2, 0.25) is 0 Å². The Bertz CT molecular complexity index is 1120.